The molecule has 1 aromatic carbocycles. The van der Waals surface area contributed by atoms with E-state index in [1.54, 1.807) is 6.07 Å². The number of benzene rings is 1. The fourth-order valence-corrected chi connectivity index (χ4v) is 2.74. The molecule has 2 aromatic rings. The molecule has 0 saturated carbocycles. The molecule has 92 valence electrons. The molecule has 0 amide bonds. The van der Waals surface area contributed by atoms with Crippen LogP contribution in [0.1, 0.15) is 33.1 Å². The van der Waals surface area contributed by atoms with Gasteiger partial charge in [-0.1, -0.05) is 24.3 Å². The van der Waals surface area contributed by atoms with Crippen molar-refractivity contribution in [1.82, 2.24) is 4.57 Å². The van der Waals surface area contributed by atoms with Crippen molar-refractivity contribution in [3.05, 3.63) is 58.9 Å². The Morgan fingerprint density at radius 3 is 2.83 bits per heavy atom. The lowest BCUT2D eigenvalue weighted by molar-refractivity contribution is 0.0696. The zero-order valence-electron chi connectivity index (χ0n) is 10.3. The van der Waals surface area contributed by atoms with E-state index < -0.39 is 5.97 Å². The number of carbonyl (C=O) groups is 1. The standard InChI is InChI=1S/C15H15NO2/c1-10-13(15(17)18)6-7-16(10)9-12-8-11-4-2-3-5-14(11)12/h2-7,12H,8-9H2,1H3,(H,17,18). The molecule has 0 saturated heterocycles. The lowest BCUT2D eigenvalue weighted by Crippen LogP contribution is -2.22. The van der Waals surface area contributed by atoms with E-state index >= 15 is 0 Å². The molecule has 1 aromatic heterocycles. The van der Waals surface area contributed by atoms with E-state index in [1.807, 2.05) is 17.7 Å². The van der Waals surface area contributed by atoms with Crippen molar-refractivity contribution >= 4 is 5.97 Å². The summed E-state index contributed by atoms with van der Waals surface area (Å²) in [7, 11) is 0. The van der Waals surface area contributed by atoms with Crippen molar-refractivity contribution in [2.45, 2.75) is 25.8 Å². The average molecular weight is 241 g/mol. The zero-order valence-corrected chi connectivity index (χ0v) is 10.3. The van der Waals surface area contributed by atoms with Crippen molar-refractivity contribution in [1.29, 1.82) is 0 Å². The molecule has 1 aliphatic rings. The van der Waals surface area contributed by atoms with Crippen LogP contribution in [-0.4, -0.2) is 15.6 Å². The van der Waals surface area contributed by atoms with Gasteiger partial charge in [-0.25, -0.2) is 4.79 Å². The van der Waals surface area contributed by atoms with Crippen LogP contribution in [-0.2, 0) is 13.0 Å². The molecule has 1 atom stereocenters. The van der Waals surface area contributed by atoms with Gasteiger partial charge in [0.25, 0.3) is 0 Å². The van der Waals surface area contributed by atoms with Crippen LogP contribution >= 0.6 is 0 Å². The molecule has 0 radical (unpaired) electrons. The third kappa shape index (κ3) is 1.63. The number of hydrogen-bond acceptors (Lipinski definition) is 1. The minimum absolute atomic E-state index is 0.405. The molecule has 3 heteroatoms. The summed E-state index contributed by atoms with van der Waals surface area (Å²) in [5.74, 6) is -0.325. The molecule has 1 unspecified atom stereocenters. The van der Waals surface area contributed by atoms with Gasteiger partial charge in [0.15, 0.2) is 0 Å². The molecule has 3 rings (SSSR count). The molecule has 18 heavy (non-hydrogen) atoms. The number of fused-ring (bicyclic) bond motifs is 1. The van der Waals surface area contributed by atoms with E-state index in [2.05, 4.69) is 24.3 Å². The Morgan fingerprint density at radius 1 is 1.39 bits per heavy atom. The van der Waals surface area contributed by atoms with Gasteiger partial charge in [-0.2, -0.15) is 0 Å². The van der Waals surface area contributed by atoms with Gasteiger partial charge in [-0.15, -0.1) is 0 Å². The Hall–Kier alpha value is -2.03. The number of aromatic carboxylic acids is 1. The summed E-state index contributed by atoms with van der Waals surface area (Å²) in [6.45, 7) is 2.74. The summed E-state index contributed by atoms with van der Waals surface area (Å²) in [5, 5.41) is 9.03. The number of aromatic nitrogens is 1. The van der Waals surface area contributed by atoms with E-state index in [1.165, 1.54) is 11.1 Å². The lowest BCUT2D eigenvalue weighted by atomic mass is 9.77. The van der Waals surface area contributed by atoms with Gasteiger partial charge < -0.3 is 9.67 Å². The second-order valence-corrected chi connectivity index (χ2v) is 4.87. The van der Waals surface area contributed by atoms with E-state index in [-0.39, 0.29) is 0 Å². The first-order valence-corrected chi connectivity index (χ1v) is 6.13. The fraction of sp³-hybridized carbons (Fsp3) is 0.267. The van der Waals surface area contributed by atoms with E-state index in [0.717, 1.165) is 18.7 Å². The minimum atomic E-state index is -0.847. The minimum Gasteiger partial charge on any atom is -0.478 e. The molecule has 3 nitrogen and oxygen atoms in total. The summed E-state index contributed by atoms with van der Waals surface area (Å²) in [5.41, 5.74) is 4.07. The fourth-order valence-electron chi connectivity index (χ4n) is 2.74. The van der Waals surface area contributed by atoms with E-state index in [9.17, 15) is 4.79 Å². The Bertz CT molecular complexity index is 613. The van der Waals surface area contributed by atoms with E-state index in [0.29, 0.717) is 11.5 Å². The highest BCUT2D eigenvalue weighted by Gasteiger charge is 2.26. The van der Waals surface area contributed by atoms with Crippen LogP contribution in [0.3, 0.4) is 0 Å². The van der Waals surface area contributed by atoms with Crippen LogP contribution in [0.15, 0.2) is 36.5 Å². The van der Waals surface area contributed by atoms with Crippen molar-refractivity contribution in [3.8, 4) is 0 Å². The van der Waals surface area contributed by atoms with Crippen molar-refractivity contribution in [3.63, 3.8) is 0 Å². The Labute approximate surface area is 106 Å². The normalized spacial score (nSPS) is 17.1. The quantitative estimate of drug-likeness (QED) is 0.897. The van der Waals surface area contributed by atoms with Crippen LogP contribution in [0.5, 0.6) is 0 Å². The first-order valence-electron chi connectivity index (χ1n) is 6.13. The van der Waals surface area contributed by atoms with Crippen LogP contribution < -0.4 is 0 Å². The molecular formula is C15H15NO2. The third-order valence-corrected chi connectivity index (χ3v) is 3.85. The summed E-state index contributed by atoms with van der Waals surface area (Å²) in [6, 6.07) is 10.1. The van der Waals surface area contributed by atoms with Gasteiger partial charge in [0.2, 0.25) is 0 Å². The molecule has 1 aliphatic carbocycles. The molecule has 0 fully saturated rings. The third-order valence-electron chi connectivity index (χ3n) is 3.85. The highest BCUT2D eigenvalue weighted by Crippen LogP contribution is 2.36. The second kappa shape index (κ2) is 4.02. The predicted molar refractivity (Wildman–Crippen MR) is 69.0 cm³/mol. The molecule has 1 heterocycles. The highest BCUT2D eigenvalue weighted by molar-refractivity contribution is 5.88. The second-order valence-electron chi connectivity index (χ2n) is 4.87. The maximum atomic E-state index is 11.0. The lowest BCUT2D eigenvalue weighted by Gasteiger charge is -2.30. The van der Waals surface area contributed by atoms with Crippen LogP contribution in [0.2, 0.25) is 0 Å². The highest BCUT2D eigenvalue weighted by atomic mass is 16.4. The van der Waals surface area contributed by atoms with Gasteiger partial charge in [-0.05, 0) is 30.5 Å². The predicted octanol–water partition coefficient (Wildman–Crippen LogP) is 2.83. The summed E-state index contributed by atoms with van der Waals surface area (Å²) in [6.07, 6.45) is 2.97. The number of hydrogen-bond donors (Lipinski definition) is 1. The SMILES string of the molecule is Cc1c(C(=O)O)ccn1CC1Cc2ccccc21. The van der Waals surface area contributed by atoms with Crippen molar-refractivity contribution in [2.24, 2.45) is 0 Å². The number of carboxylic acids is 1. The smallest absolute Gasteiger partial charge is 0.337 e. The summed E-state index contributed by atoms with van der Waals surface area (Å²) < 4.78 is 2.05. The number of rotatable bonds is 3. The molecule has 0 spiro atoms. The average Bonchev–Trinajstić information content (AvgIpc) is 2.68. The Morgan fingerprint density at radius 2 is 2.17 bits per heavy atom. The molecular weight excluding hydrogens is 226 g/mol. The summed E-state index contributed by atoms with van der Waals surface area (Å²) in [4.78, 5) is 11.0. The summed E-state index contributed by atoms with van der Waals surface area (Å²) >= 11 is 0. The van der Waals surface area contributed by atoms with Gasteiger partial charge in [0.1, 0.15) is 0 Å². The van der Waals surface area contributed by atoms with Crippen molar-refractivity contribution < 1.29 is 9.90 Å². The zero-order chi connectivity index (χ0) is 12.7. The van der Waals surface area contributed by atoms with Crippen LogP contribution in [0.25, 0.3) is 0 Å². The molecule has 0 bridgehead atoms. The van der Waals surface area contributed by atoms with Gasteiger partial charge in [0.05, 0.1) is 5.56 Å². The molecule has 0 aliphatic heterocycles. The number of nitrogens with zero attached hydrogens (tertiary/aromatic N) is 1. The largest absolute Gasteiger partial charge is 0.478 e. The maximum absolute atomic E-state index is 11.0. The first-order chi connectivity index (χ1) is 8.66. The number of carboxylic acid groups (broad SMARTS) is 1. The van der Waals surface area contributed by atoms with Gasteiger partial charge in [-0.3, -0.25) is 0 Å². The van der Waals surface area contributed by atoms with Crippen molar-refractivity contribution in [2.75, 3.05) is 0 Å². The van der Waals surface area contributed by atoms with Crippen LogP contribution in [0, 0.1) is 6.92 Å². The molecule has 1 N–H and O–H groups in total. The first kappa shape index (κ1) is 11.1. The van der Waals surface area contributed by atoms with Crippen LogP contribution in [0.4, 0.5) is 0 Å². The Balaban J connectivity index is 1.82. The monoisotopic (exact) mass is 241 g/mol. The maximum Gasteiger partial charge on any atom is 0.337 e. The van der Waals surface area contributed by atoms with Gasteiger partial charge >= 0.3 is 5.97 Å². The van der Waals surface area contributed by atoms with Gasteiger partial charge in [0, 0.05) is 24.4 Å². The Kier molecular flexibility index (Phi) is 2.47. The topological polar surface area (TPSA) is 42.2 Å². The van der Waals surface area contributed by atoms with E-state index in [4.69, 9.17) is 5.11 Å².